The monoisotopic (exact) mass is 540 g/mol. The number of hydrogen-bond donors (Lipinski definition) is 0. The van der Waals surface area contributed by atoms with Crippen molar-refractivity contribution in [2.75, 3.05) is 0 Å². The molecule has 9 rings (SSSR count). The second-order valence-corrected chi connectivity index (χ2v) is 10.1. The van der Waals surface area contributed by atoms with Gasteiger partial charge in [-0.1, -0.05) is 97.1 Å². The Hall–Kier alpha value is -5.95. The van der Waals surface area contributed by atoms with Crippen LogP contribution in [0.5, 0.6) is 0 Å². The lowest BCUT2D eigenvalue weighted by Gasteiger charge is -2.11. The molecule has 7 heteroatoms. The molecule has 0 aliphatic heterocycles. The number of rotatable bonds is 3. The number of aromatic nitrogens is 6. The summed E-state index contributed by atoms with van der Waals surface area (Å²) in [4.78, 5) is 24.7. The van der Waals surface area contributed by atoms with Crippen LogP contribution in [0.1, 0.15) is 0 Å². The van der Waals surface area contributed by atoms with E-state index in [1.54, 1.807) is 12.4 Å². The van der Waals surface area contributed by atoms with Gasteiger partial charge in [-0.3, -0.25) is 14.5 Å². The zero-order valence-corrected chi connectivity index (χ0v) is 22.1. The first-order chi connectivity index (χ1) is 20.8. The van der Waals surface area contributed by atoms with Crippen molar-refractivity contribution in [2.45, 2.75) is 0 Å². The first kappa shape index (κ1) is 22.8. The maximum absolute atomic E-state index is 6.64. The molecule has 9 aromatic rings. The molecule has 0 unspecified atom stereocenters. The minimum Gasteiger partial charge on any atom is -0.454 e. The molecule has 7 nitrogen and oxygen atoms in total. The van der Waals surface area contributed by atoms with Crippen LogP contribution in [0.4, 0.5) is 0 Å². The number of para-hydroxylation sites is 2. The van der Waals surface area contributed by atoms with Gasteiger partial charge in [0.05, 0.1) is 16.4 Å². The molecule has 0 N–H and O–H groups in total. The van der Waals surface area contributed by atoms with Crippen LogP contribution in [0, 0.1) is 0 Å². The lowest BCUT2D eigenvalue weighted by atomic mass is 10.1. The fraction of sp³-hybridized carbons (Fsp3) is 0. The Labute approximate surface area is 238 Å². The Morgan fingerprint density at radius 3 is 1.79 bits per heavy atom. The van der Waals surface area contributed by atoms with Crippen molar-refractivity contribution in [1.82, 2.24) is 29.5 Å². The van der Waals surface area contributed by atoms with Crippen molar-refractivity contribution in [2.24, 2.45) is 0 Å². The molecule has 0 amide bonds. The topological polar surface area (TPSA) is 82.5 Å². The summed E-state index contributed by atoms with van der Waals surface area (Å²) in [5.41, 5.74) is 6.72. The highest BCUT2D eigenvalue weighted by molar-refractivity contribution is 6.33. The van der Waals surface area contributed by atoms with Gasteiger partial charge in [-0.25, -0.2) is 4.98 Å². The van der Waals surface area contributed by atoms with Gasteiger partial charge in [0, 0.05) is 39.7 Å². The van der Waals surface area contributed by atoms with Gasteiger partial charge < -0.3 is 4.42 Å². The number of fused-ring (bicyclic) bond motifs is 10. The summed E-state index contributed by atoms with van der Waals surface area (Å²) in [6.07, 6.45) is 3.48. The van der Waals surface area contributed by atoms with Crippen LogP contribution >= 0.6 is 0 Å². The van der Waals surface area contributed by atoms with Gasteiger partial charge in [-0.2, -0.15) is 9.97 Å². The molecule has 42 heavy (non-hydrogen) atoms. The summed E-state index contributed by atoms with van der Waals surface area (Å²) >= 11 is 0. The van der Waals surface area contributed by atoms with E-state index < -0.39 is 0 Å². The molecule has 0 radical (unpaired) electrons. The third-order valence-electron chi connectivity index (χ3n) is 7.74. The molecule has 5 aromatic carbocycles. The largest absolute Gasteiger partial charge is 0.454 e. The van der Waals surface area contributed by atoms with Crippen molar-refractivity contribution in [3.8, 4) is 28.7 Å². The first-order valence-electron chi connectivity index (χ1n) is 13.7. The number of hydrogen-bond acceptors (Lipinski definition) is 6. The summed E-state index contributed by atoms with van der Waals surface area (Å²) in [6.45, 7) is 0. The van der Waals surface area contributed by atoms with Gasteiger partial charge in [0.2, 0.25) is 5.95 Å². The molecule has 0 bridgehead atoms. The minimum absolute atomic E-state index is 0.499. The summed E-state index contributed by atoms with van der Waals surface area (Å²) < 4.78 is 8.72. The highest BCUT2D eigenvalue weighted by Crippen LogP contribution is 2.44. The standard InChI is InChI=1S/C35H20N6O/c1-3-11-21(12-4-1)33-38-34(22-13-5-2-6-14-22)40-35(39-33)41-25-17-9-7-15-23(25)27-29-30(37-20-19-36-29)28-24-16-8-10-18-26(24)42-32(28)31(27)41/h1-20H. The lowest BCUT2D eigenvalue weighted by molar-refractivity contribution is 0.671. The van der Waals surface area contributed by atoms with Gasteiger partial charge in [0.15, 0.2) is 17.2 Å². The van der Waals surface area contributed by atoms with E-state index in [1.807, 2.05) is 91.0 Å². The fourth-order valence-corrected chi connectivity index (χ4v) is 5.95. The molecule has 196 valence electrons. The van der Waals surface area contributed by atoms with E-state index in [9.17, 15) is 0 Å². The Kier molecular flexibility index (Phi) is 4.77. The molecular formula is C35H20N6O. The van der Waals surface area contributed by atoms with Crippen molar-refractivity contribution in [1.29, 1.82) is 0 Å². The summed E-state index contributed by atoms with van der Waals surface area (Å²) in [7, 11) is 0. The van der Waals surface area contributed by atoms with Crippen molar-refractivity contribution in [3.05, 3.63) is 122 Å². The molecule has 0 spiro atoms. The van der Waals surface area contributed by atoms with Gasteiger partial charge in [-0.15, -0.1) is 0 Å². The first-order valence-corrected chi connectivity index (χ1v) is 13.7. The Bertz CT molecular complexity index is 2410. The highest BCUT2D eigenvalue weighted by atomic mass is 16.3. The second-order valence-electron chi connectivity index (χ2n) is 10.1. The SMILES string of the molecule is c1ccc(-c2nc(-c3ccccc3)nc(-n3c4ccccc4c4c5nccnc5c5c6ccccc6oc5c43)n2)cc1. The molecule has 0 aliphatic carbocycles. The van der Waals surface area contributed by atoms with Gasteiger partial charge in [0.1, 0.15) is 16.6 Å². The smallest absolute Gasteiger partial charge is 0.238 e. The fourth-order valence-electron chi connectivity index (χ4n) is 5.95. The van der Waals surface area contributed by atoms with Gasteiger partial charge >= 0.3 is 0 Å². The third kappa shape index (κ3) is 3.25. The highest BCUT2D eigenvalue weighted by Gasteiger charge is 2.25. The average Bonchev–Trinajstić information content (AvgIpc) is 3.62. The molecule has 0 atom stereocenters. The van der Waals surface area contributed by atoms with E-state index in [-0.39, 0.29) is 0 Å². The maximum atomic E-state index is 6.64. The molecule has 0 saturated heterocycles. The quantitative estimate of drug-likeness (QED) is 0.225. The van der Waals surface area contributed by atoms with Crippen LogP contribution < -0.4 is 0 Å². The van der Waals surface area contributed by atoms with Crippen molar-refractivity contribution < 1.29 is 4.42 Å². The van der Waals surface area contributed by atoms with Crippen LogP contribution in [0.2, 0.25) is 0 Å². The number of furan rings is 1. The van der Waals surface area contributed by atoms with Crippen LogP contribution in [-0.4, -0.2) is 29.5 Å². The van der Waals surface area contributed by atoms with Crippen LogP contribution in [0.25, 0.3) is 83.5 Å². The molecule has 0 fully saturated rings. The summed E-state index contributed by atoms with van der Waals surface area (Å²) in [6, 6.07) is 36.3. The molecule has 4 heterocycles. The van der Waals surface area contributed by atoms with E-state index in [4.69, 9.17) is 29.3 Å². The minimum atomic E-state index is 0.499. The number of nitrogens with zero attached hydrogens (tertiary/aromatic N) is 6. The zero-order chi connectivity index (χ0) is 27.6. The average molecular weight is 541 g/mol. The summed E-state index contributed by atoms with van der Waals surface area (Å²) in [5.74, 6) is 1.68. The second kappa shape index (κ2) is 8.78. The molecule has 0 saturated carbocycles. The zero-order valence-electron chi connectivity index (χ0n) is 22.1. The van der Waals surface area contributed by atoms with Crippen molar-refractivity contribution >= 4 is 54.8 Å². The van der Waals surface area contributed by atoms with E-state index in [0.29, 0.717) is 17.6 Å². The van der Waals surface area contributed by atoms with E-state index in [0.717, 1.165) is 65.9 Å². The normalized spacial score (nSPS) is 11.8. The van der Waals surface area contributed by atoms with Crippen LogP contribution in [0.15, 0.2) is 126 Å². The molecule has 4 aromatic heterocycles. The van der Waals surface area contributed by atoms with E-state index in [1.165, 1.54) is 0 Å². The van der Waals surface area contributed by atoms with E-state index >= 15 is 0 Å². The molecule has 0 aliphatic rings. The lowest BCUT2D eigenvalue weighted by Crippen LogP contribution is -2.06. The Balaban J connectivity index is 1.50. The van der Waals surface area contributed by atoms with Crippen LogP contribution in [-0.2, 0) is 0 Å². The summed E-state index contributed by atoms with van der Waals surface area (Å²) in [5, 5.41) is 3.87. The predicted molar refractivity (Wildman–Crippen MR) is 165 cm³/mol. The maximum Gasteiger partial charge on any atom is 0.238 e. The van der Waals surface area contributed by atoms with E-state index in [2.05, 4.69) is 22.8 Å². The van der Waals surface area contributed by atoms with Gasteiger partial charge in [-0.05, 0) is 12.1 Å². The molecular weight excluding hydrogens is 520 g/mol. The third-order valence-corrected chi connectivity index (χ3v) is 7.74. The number of benzene rings is 5. The predicted octanol–water partition coefficient (Wildman–Crippen LogP) is 8.15. The van der Waals surface area contributed by atoms with Crippen LogP contribution in [0.3, 0.4) is 0 Å². The Morgan fingerprint density at radius 1 is 0.524 bits per heavy atom. The Morgan fingerprint density at radius 2 is 1.10 bits per heavy atom. The van der Waals surface area contributed by atoms with Gasteiger partial charge in [0.25, 0.3) is 0 Å². The van der Waals surface area contributed by atoms with Crippen molar-refractivity contribution in [3.63, 3.8) is 0 Å².